The van der Waals surface area contributed by atoms with Gasteiger partial charge in [0.15, 0.2) is 0 Å². The Balaban J connectivity index is 2.50. The van der Waals surface area contributed by atoms with Crippen LogP contribution in [0.5, 0.6) is 0 Å². The molecule has 1 aliphatic rings. The van der Waals surface area contributed by atoms with Crippen LogP contribution >= 0.6 is 0 Å². The zero-order chi connectivity index (χ0) is 12.2. The summed E-state index contributed by atoms with van der Waals surface area (Å²) >= 11 is 0. The third-order valence-corrected chi connectivity index (χ3v) is 4.37. The lowest BCUT2D eigenvalue weighted by atomic mass is 9.95. The summed E-state index contributed by atoms with van der Waals surface area (Å²) in [5.74, 6) is -0.665. The van der Waals surface area contributed by atoms with E-state index in [9.17, 15) is 13.2 Å². The van der Waals surface area contributed by atoms with Crippen molar-refractivity contribution in [3.8, 4) is 0 Å². The maximum Gasteiger partial charge on any atom is 0.303 e. The zero-order valence-electron chi connectivity index (χ0n) is 9.35. The van der Waals surface area contributed by atoms with Crippen LogP contribution in [0.2, 0.25) is 0 Å². The van der Waals surface area contributed by atoms with Gasteiger partial charge in [0.05, 0.1) is 0 Å². The average Bonchev–Trinajstić information content (AvgIpc) is 2.27. The molecule has 0 bridgehead atoms. The first-order valence-electron chi connectivity index (χ1n) is 5.36. The molecule has 1 saturated heterocycles. The van der Waals surface area contributed by atoms with Crippen molar-refractivity contribution in [2.75, 3.05) is 20.1 Å². The van der Waals surface area contributed by atoms with Crippen LogP contribution in [-0.4, -0.2) is 43.9 Å². The summed E-state index contributed by atoms with van der Waals surface area (Å²) in [7, 11) is -1.97. The second-order valence-electron chi connectivity index (χ2n) is 4.01. The Morgan fingerprint density at radius 1 is 1.56 bits per heavy atom. The van der Waals surface area contributed by atoms with Crippen LogP contribution in [-0.2, 0) is 15.0 Å². The minimum Gasteiger partial charge on any atom is -0.481 e. The fraction of sp³-hybridized carbons (Fsp3) is 0.889. The van der Waals surface area contributed by atoms with Gasteiger partial charge in [0, 0.05) is 26.6 Å². The lowest BCUT2D eigenvalue weighted by Crippen LogP contribution is -2.44. The maximum atomic E-state index is 11.5. The number of hydrogen-bond donors (Lipinski definition) is 2. The first-order valence-corrected chi connectivity index (χ1v) is 6.80. The molecule has 2 N–H and O–H groups in total. The van der Waals surface area contributed by atoms with E-state index in [1.807, 2.05) is 0 Å². The van der Waals surface area contributed by atoms with E-state index in [1.54, 1.807) is 0 Å². The molecule has 0 saturated carbocycles. The van der Waals surface area contributed by atoms with E-state index in [1.165, 1.54) is 11.4 Å². The van der Waals surface area contributed by atoms with Crippen molar-refractivity contribution in [2.24, 2.45) is 5.92 Å². The van der Waals surface area contributed by atoms with Gasteiger partial charge in [-0.05, 0) is 25.2 Å². The van der Waals surface area contributed by atoms with E-state index in [0.29, 0.717) is 19.5 Å². The lowest BCUT2D eigenvalue weighted by Gasteiger charge is -2.31. The van der Waals surface area contributed by atoms with Crippen molar-refractivity contribution in [3.05, 3.63) is 0 Å². The predicted octanol–water partition coefficient (Wildman–Crippen LogP) is 0.0274. The molecule has 0 radical (unpaired) electrons. The molecular formula is C9H18N2O4S. The van der Waals surface area contributed by atoms with E-state index in [2.05, 4.69) is 4.72 Å². The summed E-state index contributed by atoms with van der Waals surface area (Å²) in [5.41, 5.74) is 0. The number of carboxylic acids is 1. The molecule has 0 aromatic heterocycles. The number of piperidine rings is 1. The Bertz CT molecular complexity index is 341. The third kappa shape index (κ3) is 3.73. The number of hydrogen-bond acceptors (Lipinski definition) is 3. The summed E-state index contributed by atoms with van der Waals surface area (Å²) in [6.45, 7) is 0.948. The van der Waals surface area contributed by atoms with Gasteiger partial charge in [-0.15, -0.1) is 0 Å². The Hall–Kier alpha value is -0.660. The van der Waals surface area contributed by atoms with Crippen LogP contribution in [0.1, 0.15) is 25.7 Å². The van der Waals surface area contributed by atoms with Crippen molar-refractivity contribution in [3.63, 3.8) is 0 Å². The normalized spacial score (nSPS) is 23.2. The van der Waals surface area contributed by atoms with Gasteiger partial charge in [-0.1, -0.05) is 0 Å². The summed E-state index contributed by atoms with van der Waals surface area (Å²) in [5, 5.41) is 8.57. The van der Waals surface area contributed by atoms with Gasteiger partial charge in [0.25, 0.3) is 10.2 Å². The molecule has 1 rings (SSSR count). The van der Waals surface area contributed by atoms with E-state index < -0.39 is 16.2 Å². The molecule has 1 heterocycles. The Morgan fingerprint density at radius 3 is 2.81 bits per heavy atom. The van der Waals surface area contributed by atoms with E-state index >= 15 is 0 Å². The molecule has 0 spiro atoms. The molecular weight excluding hydrogens is 232 g/mol. The molecule has 0 aromatic rings. The lowest BCUT2D eigenvalue weighted by molar-refractivity contribution is -0.137. The Morgan fingerprint density at radius 2 is 2.25 bits per heavy atom. The first kappa shape index (κ1) is 13.4. The van der Waals surface area contributed by atoms with Gasteiger partial charge in [-0.3, -0.25) is 4.79 Å². The Kier molecular flexibility index (Phi) is 4.69. The highest BCUT2D eigenvalue weighted by Gasteiger charge is 2.27. The third-order valence-electron chi connectivity index (χ3n) is 2.85. The molecule has 1 fully saturated rings. The van der Waals surface area contributed by atoms with Crippen molar-refractivity contribution in [1.82, 2.24) is 9.03 Å². The molecule has 7 heteroatoms. The molecule has 0 amide bonds. The number of nitrogens with one attached hydrogen (secondary N) is 1. The molecule has 94 valence electrons. The standard InChI is InChI=1S/C9H18N2O4S/c1-10-16(14,15)11-6-2-3-8(7-11)4-5-9(12)13/h8,10H,2-7H2,1H3,(H,12,13). The highest BCUT2D eigenvalue weighted by molar-refractivity contribution is 7.87. The van der Waals surface area contributed by atoms with Gasteiger partial charge in [0.1, 0.15) is 0 Å². The summed E-state index contributed by atoms with van der Waals surface area (Å²) in [6, 6.07) is 0. The maximum absolute atomic E-state index is 11.5. The van der Waals surface area contributed by atoms with Gasteiger partial charge in [-0.2, -0.15) is 12.7 Å². The van der Waals surface area contributed by atoms with Crippen LogP contribution in [0.4, 0.5) is 0 Å². The molecule has 16 heavy (non-hydrogen) atoms. The van der Waals surface area contributed by atoms with Gasteiger partial charge < -0.3 is 5.11 Å². The van der Waals surface area contributed by atoms with E-state index in [-0.39, 0.29) is 12.3 Å². The Labute approximate surface area is 95.8 Å². The largest absolute Gasteiger partial charge is 0.481 e. The number of carboxylic acid groups (broad SMARTS) is 1. The first-order chi connectivity index (χ1) is 7.45. The number of rotatable bonds is 5. The van der Waals surface area contributed by atoms with Gasteiger partial charge in [0.2, 0.25) is 0 Å². The summed E-state index contributed by atoms with van der Waals surface area (Å²) in [6.07, 6.45) is 2.36. The van der Waals surface area contributed by atoms with E-state index in [0.717, 1.165) is 12.8 Å². The fourth-order valence-corrected chi connectivity index (χ4v) is 2.97. The minimum atomic E-state index is -3.36. The zero-order valence-corrected chi connectivity index (χ0v) is 10.2. The van der Waals surface area contributed by atoms with Crippen LogP contribution < -0.4 is 4.72 Å². The van der Waals surface area contributed by atoms with Crippen molar-refractivity contribution < 1.29 is 18.3 Å². The fourth-order valence-electron chi connectivity index (χ4n) is 1.94. The molecule has 1 aliphatic heterocycles. The summed E-state index contributed by atoms with van der Waals surface area (Å²) < 4.78 is 26.7. The van der Waals surface area contributed by atoms with Crippen LogP contribution in [0.25, 0.3) is 0 Å². The van der Waals surface area contributed by atoms with Gasteiger partial charge in [-0.25, -0.2) is 4.72 Å². The topological polar surface area (TPSA) is 86.7 Å². The second kappa shape index (κ2) is 5.60. The van der Waals surface area contributed by atoms with Gasteiger partial charge >= 0.3 is 5.97 Å². The highest BCUT2D eigenvalue weighted by Crippen LogP contribution is 2.22. The number of nitrogens with zero attached hydrogens (tertiary/aromatic N) is 1. The SMILES string of the molecule is CNS(=O)(=O)N1CCCC(CCC(=O)O)C1. The van der Waals surface area contributed by atoms with Crippen molar-refractivity contribution in [2.45, 2.75) is 25.7 Å². The molecule has 1 atom stereocenters. The molecule has 6 nitrogen and oxygen atoms in total. The van der Waals surface area contributed by atoms with Crippen molar-refractivity contribution in [1.29, 1.82) is 0 Å². The van der Waals surface area contributed by atoms with Crippen molar-refractivity contribution >= 4 is 16.2 Å². The number of aliphatic carboxylic acids is 1. The van der Waals surface area contributed by atoms with Crippen LogP contribution in [0.3, 0.4) is 0 Å². The molecule has 0 aliphatic carbocycles. The highest BCUT2D eigenvalue weighted by atomic mass is 32.2. The minimum absolute atomic E-state index is 0.109. The quantitative estimate of drug-likeness (QED) is 0.720. The monoisotopic (exact) mass is 250 g/mol. The van der Waals surface area contributed by atoms with Crippen LogP contribution in [0, 0.1) is 5.92 Å². The van der Waals surface area contributed by atoms with E-state index in [4.69, 9.17) is 5.11 Å². The second-order valence-corrected chi connectivity index (χ2v) is 5.88. The number of carbonyl (C=O) groups is 1. The predicted molar refractivity (Wildman–Crippen MR) is 59.1 cm³/mol. The summed E-state index contributed by atoms with van der Waals surface area (Å²) in [4.78, 5) is 10.4. The molecule has 1 unspecified atom stereocenters. The van der Waals surface area contributed by atoms with Crippen LogP contribution in [0.15, 0.2) is 0 Å². The smallest absolute Gasteiger partial charge is 0.303 e. The molecule has 0 aromatic carbocycles. The average molecular weight is 250 g/mol.